The molecule has 0 aromatic heterocycles. The van der Waals surface area contributed by atoms with Crippen LogP contribution in [0.15, 0.2) is 59.8 Å². The Morgan fingerprint density at radius 1 is 0.946 bits per heavy atom. The van der Waals surface area contributed by atoms with Crippen LogP contribution >= 0.6 is 23.2 Å². The lowest BCUT2D eigenvalue weighted by Crippen LogP contribution is -2.53. The highest BCUT2D eigenvalue weighted by Gasteiger charge is 2.38. The molecular weight excluding hydrogens is 515 g/mol. The minimum Gasteiger partial charge on any atom is -0.463 e. The molecule has 2 aliphatic heterocycles. The van der Waals surface area contributed by atoms with Gasteiger partial charge in [-0.3, -0.25) is 14.6 Å². The Bertz CT molecular complexity index is 1180. The molecular formula is C27H30Cl2N4O4. The number of amides is 3. The van der Waals surface area contributed by atoms with Gasteiger partial charge in [-0.25, -0.2) is 9.59 Å². The molecule has 196 valence electrons. The summed E-state index contributed by atoms with van der Waals surface area (Å²) < 4.78 is 5.43. The van der Waals surface area contributed by atoms with Crippen LogP contribution in [0.2, 0.25) is 10.0 Å². The van der Waals surface area contributed by atoms with Crippen LogP contribution in [-0.2, 0) is 9.53 Å². The predicted octanol–water partition coefficient (Wildman–Crippen LogP) is 4.35. The number of hydrogen-bond donors (Lipinski definition) is 1. The number of rotatable bonds is 7. The smallest absolute Gasteiger partial charge is 0.338 e. The molecule has 2 aliphatic rings. The predicted molar refractivity (Wildman–Crippen MR) is 143 cm³/mol. The number of carbonyl (C=O) groups is 3. The highest BCUT2D eigenvalue weighted by atomic mass is 35.5. The number of ether oxygens (including phenoxy) is 1. The summed E-state index contributed by atoms with van der Waals surface area (Å²) in [5.41, 5.74) is 2.36. The Kier molecular flexibility index (Phi) is 8.74. The van der Waals surface area contributed by atoms with Crippen LogP contribution in [0.25, 0.3) is 0 Å². The number of nitrogens with zero attached hydrogens (tertiary/aromatic N) is 3. The molecule has 1 fully saturated rings. The van der Waals surface area contributed by atoms with E-state index in [0.717, 1.165) is 5.56 Å². The third-order valence-corrected chi connectivity index (χ3v) is 7.08. The van der Waals surface area contributed by atoms with Gasteiger partial charge in [0.05, 0.1) is 18.2 Å². The first-order valence-electron chi connectivity index (χ1n) is 12.3. The summed E-state index contributed by atoms with van der Waals surface area (Å²) in [5, 5.41) is 4.11. The van der Waals surface area contributed by atoms with Crippen molar-refractivity contribution in [2.24, 2.45) is 0 Å². The number of nitrogens with one attached hydrogen (secondary N) is 1. The Morgan fingerprint density at radius 3 is 2.11 bits per heavy atom. The standard InChI is InChI=1S/C27H30Cl2N4O4/c1-3-33-22(17-31-13-15-32(16-14-31)25(34)19-7-11-21(29)12-8-19)23(26(35)37-4-2)24(30-27(33)36)18-5-9-20(28)10-6-18/h5-12,24H,3-4,13-17H2,1-2H3,(H,30,36). The number of urea groups is 1. The summed E-state index contributed by atoms with van der Waals surface area (Å²) in [6.45, 7) is 6.88. The van der Waals surface area contributed by atoms with Crippen molar-refractivity contribution in [3.8, 4) is 0 Å². The first kappa shape index (κ1) is 27.0. The number of hydrogen-bond acceptors (Lipinski definition) is 5. The number of esters is 1. The molecule has 1 N–H and O–H groups in total. The van der Waals surface area contributed by atoms with Gasteiger partial charge in [0.15, 0.2) is 0 Å². The van der Waals surface area contributed by atoms with E-state index in [1.165, 1.54) is 0 Å². The van der Waals surface area contributed by atoms with E-state index < -0.39 is 12.0 Å². The second-order valence-electron chi connectivity index (χ2n) is 8.83. The molecule has 2 aromatic rings. The Hall–Kier alpha value is -3.07. The maximum atomic E-state index is 13.2. The summed E-state index contributed by atoms with van der Waals surface area (Å²) in [4.78, 5) is 44.8. The van der Waals surface area contributed by atoms with Gasteiger partial charge in [0.1, 0.15) is 0 Å². The van der Waals surface area contributed by atoms with Gasteiger partial charge in [0, 0.05) is 60.6 Å². The number of benzene rings is 2. The van der Waals surface area contributed by atoms with Crippen molar-refractivity contribution in [2.45, 2.75) is 19.9 Å². The van der Waals surface area contributed by atoms with Gasteiger partial charge >= 0.3 is 12.0 Å². The number of halogens is 2. The van der Waals surface area contributed by atoms with Crippen LogP contribution in [0.5, 0.6) is 0 Å². The lowest BCUT2D eigenvalue weighted by Gasteiger charge is -2.40. The maximum Gasteiger partial charge on any atom is 0.338 e. The van der Waals surface area contributed by atoms with Crippen molar-refractivity contribution < 1.29 is 19.1 Å². The minimum atomic E-state index is -0.658. The molecule has 0 spiro atoms. The molecule has 8 nitrogen and oxygen atoms in total. The zero-order chi connectivity index (χ0) is 26.5. The van der Waals surface area contributed by atoms with E-state index in [9.17, 15) is 14.4 Å². The fourth-order valence-electron chi connectivity index (χ4n) is 4.66. The Morgan fingerprint density at radius 2 is 1.54 bits per heavy atom. The molecule has 1 atom stereocenters. The molecule has 1 saturated heterocycles. The summed E-state index contributed by atoms with van der Waals surface area (Å²) in [6.07, 6.45) is 0. The molecule has 4 rings (SSSR count). The van der Waals surface area contributed by atoms with E-state index in [0.29, 0.717) is 66.1 Å². The van der Waals surface area contributed by atoms with E-state index in [4.69, 9.17) is 27.9 Å². The van der Waals surface area contributed by atoms with Crippen LogP contribution in [0.3, 0.4) is 0 Å². The fraction of sp³-hybridized carbons (Fsp3) is 0.370. The lowest BCUT2D eigenvalue weighted by molar-refractivity contribution is -0.139. The molecule has 0 saturated carbocycles. The van der Waals surface area contributed by atoms with E-state index >= 15 is 0 Å². The monoisotopic (exact) mass is 544 g/mol. The van der Waals surface area contributed by atoms with Gasteiger partial charge < -0.3 is 15.0 Å². The summed E-state index contributed by atoms with van der Waals surface area (Å²) >= 11 is 12.0. The van der Waals surface area contributed by atoms with E-state index in [1.54, 1.807) is 60.4 Å². The van der Waals surface area contributed by atoms with E-state index in [2.05, 4.69) is 10.2 Å². The van der Waals surface area contributed by atoms with Crippen molar-refractivity contribution in [1.29, 1.82) is 0 Å². The minimum absolute atomic E-state index is 0.0437. The Labute approximate surface area is 226 Å². The van der Waals surface area contributed by atoms with Crippen molar-refractivity contribution in [2.75, 3.05) is 45.9 Å². The molecule has 0 radical (unpaired) electrons. The summed E-state index contributed by atoms with van der Waals surface area (Å²) in [5.74, 6) is -0.509. The molecule has 0 bridgehead atoms. The molecule has 1 unspecified atom stereocenters. The molecule has 10 heteroatoms. The third-order valence-electron chi connectivity index (χ3n) is 6.58. The van der Waals surface area contributed by atoms with Crippen LogP contribution in [0, 0.1) is 0 Å². The maximum absolute atomic E-state index is 13.2. The van der Waals surface area contributed by atoms with Gasteiger partial charge in [0.25, 0.3) is 5.91 Å². The van der Waals surface area contributed by atoms with Crippen LogP contribution in [0.4, 0.5) is 4.79 Å². The topological polar surface area (TPSA) is 82.2 Å². The molecule has 0 aliphatic carbocycles. The van der Waals surface area contributed by atoms with Crippen LogP contribution < -0.4 is 5.32 Å². The molecule has 37 heavy (non-hydrogen) atoms. The number of likely N-dealkylation sites (N-methyl/N-ethyl adjacent to an activating group) is 1. The first-order valence-corrected chi connectivity index (χ1v) is 13.1. The first-order chi connectivity index (χ1) is 17.8. The number of carbonyl (C=O) groups excluding carboxylic acids is 3. The normalized spacial score (nSPS) is 18.6. The van der Waals surface area contributed by atoms with Crippen molar-refractivity contribution in [1.82, 2.24) is 20.0 Å². The average Bonchev–Trinajstić information content (AvgIpc) is 2.89. The largest absolute Gasteiger partial charge is 0.463 e. The van der Waals surface area contributed by atoms with Crippen molar-refractivity contribution in [3.63, 3.8) is 0 Å². The van der Waals surface area contributed by atoms with Crippen molar-refractivity contribution >= 4 is 41.1 Å². The second-order valence-corrected chi connectivity index (χ2v) is 9.71. The van der Waals surface area contributed by atoms with Gasteiger partial charge in [-0.2, -0.15) is 0 Å². The second kappa shape index (κ2) is 12.0. The van der Waals surface area contributed by atoms with Gasteiger partial charge in [0.2, 0.25) is 0 Å². The SMILES string of the molecule is CCOC(=O)C1=C(CN2CCN(C(=O)c3ccc(Cl)cc3)CC2)N(CC)C(=O)NC1c1ccc(Cl)cc1. The average molecular weight is 545 g/mol. The van der Waals surface area contributed by atoms with E-state index in [-0.39, 0.29) is 18.5 Å². The highest BCUT2D eigenvalue weighted by molar-refractivity contribution is 6.30. The third kappa shape index (κ3) is 6.09. The zero-order valence-electron chi connectivity index (χ0n) is 20.9. The van der Waals surface area contributed by atoms with E-state index in [1.807, 2.05) is 11.8 Å². The molecule has 2 heterocycles. The highest BCUT2D eigenvalue weighted by Crippen LogP contribution is 2.32. The molecule has 2 aromatic carbocycles. The van der Waals surface area contributed by atoms with Crippen LogP contribution in [0.1, 0.15) is 35.8 Å². The van der Waals surface area contributed by atoms with Crippen LogP contribution in [-0.4, -0.2) is 78.5 Å². The Balaban J connectivity index is 1.58. The molecule has 3 amide bonds. The van der Waals surface area contributed by atoms with Gasteiger partial charge in [-0.05, 0) is 55.8 Å². The lowest BCUT2D eigenvalue weighted by atomic mass is 9.94. The van der Waals surface area contributed by atoms with Gasteiger partial charge in [-0.15, -0.1) is 0 Å². The quantitative estimate of drug-likeness (QED) is 0.524. The van der Waals surface area contributed by atoms with Crippen molar-refractivity contribution in [3.05, 3.63) is 81.0 Å². The summed E-state index contributed by atoms with van der Waals surface area (Å²) in [6, 6.07) is 13.0. The zero-order valence-corrected chi connectivity index (χ0v) is 22.4. The summed E-state index contributed by atoms with van der Waals surface area (Å²) in [7, 11) is 0. The fourth-order valence-corrected chi connectivity index (χ4v) is 4.91. The number of piperazine rings is 1. The van der Waals surface area contributed by atoms with Gasteiger partial charge in [-0.1, -0.05) is 35.3 Å².